The molecule has 1 amide bonds. The van der Waals surface area contributed by atoms with Gasteiger partial charge in [0.2, 0.25) is 0 Å². The molecule has 5 nitrogen and oxygen atoms in total. The molecule has 0 radical (unpaired) electrons. The fraction of sp³-hybridized carbons (Fsp3) is 0.385. The molecule has 7 heteroatoms. The van der Waals surface area contributed by atoms with Crippen LogP contribution in [0.15, 0.2) is 23.4 Å². The van der Waals surface area contributed by atoms with E-state index in [2.05, 4.69) is 10.5 Å². The molecule has 20 heavy (non-hydrogen) atoms. The molecular formula is C13H15F2N3O2. The van der Waals surface area contributed by atoms with Gasteiger partial charge in [0, 0.05) is 11.6 Å². The Morgan fingerprint density at radius 3 is 2.30 bits per heavy atom. The van der Waals surface area contributed by atoms with Gasteiger partial charge < -0.3 is 16.3 Å². The van der Waals surface area contributed by atoms with E-state index < -0.39 is 23.1 Å². The summed E-state index contributed by atoms with van der Waals surface area (Å²) in [5.41, 5.74) is 4.55. The lowest BCUT2D eigenvalue weighted by atomic mass is 9.95. The standard InChI is InChI=1S/C13H15F2N3O2/c14-9-5-8(6-10(15)7-9)11(19)17-13(12(16)18-20)3-1-2-4-13/h5-7,20H,1-4H2,(H2,16,18)(H,17,19). The zero-order valence-electron chi connectivity index (χ0n) is 10.7. The maximum Gasteiger partial charge on any atom is 0.252 e. The van der Waals surface area contributed by atoms with Crippen LogP contribution in [0.4, 0.5) is 8.78 Å². The summed E-state index contributed by atoms with van der Waals surface area (Å²) in [6, 6.07) is 2.56. The maximum absolute atomic E-state index is 13.1. The quantitative estimate of drug-likeness (QED) is 0.342. The number of rotatable bonds is 3. The lowest BCUT2D eigenvalue weighted by Gasteiger charge is -2.28. The Morgan fingerprint density at radius 1 is 1.25 bits per heavy atom. The average Bonchev–Trinajstić information content (AvgIpc) is 2.86. The highest BCUT2D eigenvalue weighted by Gasteiger charge is 2.40. The Balaban J connectivity index is 2.25. The summed E-state index contributed by atoms with van der Waals surface area (Å²) >= 11 is 0. The number of carbonyl (C=O) groups excluding carboxylic acids is 1. The van der Waals surface area contributed by atoms with Gasteiger partial charge in [-0.3, -0.25) is 4.79 Å². The van der Waals surface area contributed by atoms with Crippen LogP contribution in [0.25, 0.3) is 0 Å². The van der Waals surface area contributed by atoms with E-state index in [0.29, 0.717) is 18.9 Å². The molecule has 0 aliphatic heterocycles. The molecule has 0 heterocycles. The molecule has 0 atom stereocenters. The van der Waals surface area contributed by atoms with Crippen LogP contribution in [0, 0.1) is 11.6 Å². The van der Waals surface area contributed by atoms with E-state index in [0.717, 1.165) is 25.0 Å². The van der Waals surface area contributed by atoms with Crippen molar-refractivity contribution in [1.29, 1.82) is 0 Å². The van der Waals surface area contributed by atoms with Gasteiger partial charge in [-0.15, -0.1) is 0 Å². The van der Waals surface area contributed by atoms with E-state index in [-0.39, 0.29) is 11.4 Å². The van der Waals surface area contributed by atoms with Crippen molar-refractivity contribution in [3.05, 3.63) is 35.4 Å². The molecule has 4 N–H and O–H groups in total. The second kappa shape index (κ2) is 5.44. The summed E-state index contributed by atoms with van der Waals surface area (Å²) in [5, 5.41) is 14.4. The number of nitrogens with two attached hydrogens (primary N) is 1. The summed E-state index contributed by atoms with van der Waals surface area (Å²) in [6.45, 7) is 0. The van der Waals surface area contributed by atoms with Crippen LogP contribution in [0.5, 0.6) is 0 Å². The number of halogens is 2. The van der Waals surface area contributed by atoms with Crippen molar-refractivity contribution < 1.29 is 18.8 Å². The Morgan fingerprint density at radius 2 is 1.80 bits per heavy atom. The third-order valence-corrected chi connectivity index (χ3v) is 3.53. The molecule has 1 aromatic carbocycles. The number of hydrogen-bond donors (Lipinski definition) is 3. The summed E-state index contributed by atoms with van der Waals surface area (Å²) in [4.78, 5) is 12.1. The Labute approximate surface area is 114 Å². The van der Waals surface area contributed by atoms with Crippen LogP contribution < -0.4 is 11.1 Å². The minimum Gasteiger partial charge on any atom is -0.409 e. The average molecular weight is 283 g/mol. The summed E-state index contributed by atoms with van der Waals surface area (Å²) in [5.74, 6) is -2.42. The van der Waals surface area contributed by atoms with Gasteiger partial charge in [0.05, 0.1) is 0 Å². The summed E-state index contributed by atoms with van der Waals surface area (Å²) in [6.07, 6.45) is 2.67. The van der Waals surface area contributed by atoms with Gasteiger partial charge in [-0.25, -0.2) is 8.78 Å². The highest BCUT2D eigenvalue weighted by molar-refractivity contribution is 6.00. The third kappa shape index (κ3) is 2.71. The van der Waals surface area contributed by atoms with Crippen LogP contribution >= 0.6 is 0 Å². The molecule has 0 saturated heterocycles. The molecular weight excluding hydrogens is 268 g/mol. The fourth-order valence-corrected chi connectivity index (χ4v) is 2.49. The van der Waals surface area contributed by atoms with Gasteiger partial charge in [0.25, 0.3) is 5.91 Å². The SMILES string of the molecule is N/C(=N/O)C1(NC(=O)c2cc(F)cc(F)c2)CCCC1. The van der Waals surface area contributed by atoms with Crippen LogP contribution in [-0.4, -0.2) is 22.5 Å². The van der Waals surface area contributed by atoms with E-state index >= 15 is 0 Å². The van der Waals surface area contributed by atoms with Crippen LogP contribution in [-0.2, 0) is 0 Å². The molecule has 0 bridgehead atoms. The van der Waals surface area contributed by atoms with E-state index in [1.807, 2.05) is 0 Å². The summed E-state index contributed by atoms with van der Waals surface area (Å²) in [7, 11) is 0. The molecule has 0 aromatic heterocycles. The summed E-state index contributed by atoms with van der Waals surface area (Å²) < 4.78 is 26.2. The third-order valence-electron chi connectivity index (χ3n) is 3.53. The Hall–Kier alpha value is -2.18. The van der Waals surface area contributed by atoms with E-state index in [1.54, 1.807) is 0 Å². The van der Waals surface area contributed by atoms with Crippen LogP contribution in [0.2, 0.25) is 0 Å². The van der Waals surface area contributed by atoms with Crippen molar-refractivity contribution in [2.75, 3.05) is 0 Å². The lowest BCUT2D eigenvalue weighted by molar-refractivity contribution is 0.0921. The number of amidine groups is 1. The molecule has 0 unspecified atom stereocenters. The van der Waals surface area contributed by atoms with Gasteiger partial charge in [-0.1, -0.05) is 18.0 Å². The molecule has 1 fully saturated rings. The van der Waals surface area contributed by atoms with Gasteiger partial charge in [-0.05, 0) is 25.0 Å². The maximum atomic E-state index is 13.1. The van der Waals surface area contributed by atoms with Crippen molar-refractivity contribution in [1.82, 2.24) is 5.32 Å². The number of hydrogen-bond acceptors (Lipinski definition) is 3. The first-order chi connectivity index (χ1) is 9.47. The van der Waals surface area contributed by atoms with E-state index in [9.17, 15) is 13.6 Å². The first-order valence-electron chi connectivity index (χ1n) is 6.23. The molecule has 1 aliphatic rings. The number of nitrogens with zero attached hydrogens (tertiary/aromatic N) is 1. The predicted molar refractivity (Wildman–Crippen MR) is 68.4 cm³/mol. The largest absolute Gasteiger partial charge is 0.409 e. The topological polar surface area (TPSA) is 87.7 Å². The molecule has 2 rings (SSSR count). The molecule has 1 aliphatic carbocycles. The molecule has 1 aromatic rings. The van der Waals surface area contributed by atoms with Crippen LogP contribution in [0.1, 0.15) is 36.0 Å². The predicted octanol–water partition coefficient (Wildman–Crippen LogP) is 1.75. The van der Waals surface area contributed by atoms with E-state index in [1.165, 1.54) is 0 Å². The van der Waals surface area contributed by atoms with Crippen molar-refractivity contribution in [3.8, 4) is 0 Å². The lowest BCUT2D eigenvalue weighted by Crippen LogP contribution is -2.55. The minimum atomic E-state index is -0.950. The zero-order chi connectivity index (χ0) is 14.8. The minimum absolute atomic E-state index is 0.0970. The second-order valence-corrected chi connectivity index (χ2v) is 4.89. The molecule has 108 valence electrons. The fourth-order valence-electron chi connectivity index (χ4n) is 2.49. The van der Waals surface area contributed by atoms with Crippen molar-refractivity contribution >= 4 is 11.7 Å². The van der Waals surface area contributed by atoms with Crippen molar-refractivity contribution in [2.24, 2.45) is 10.9 Å². The first kappa shape index (κ1) is 14.2. The number of amides is 1. The molecule has 1 saturated carbocycles. The number of oxime groups is 1. The van der Waals surface area contributed by atoms with Crippen molar-refractivity contribution in [2.45, 2.75) is 31.2 Å². The van der Waals surface area contributed by atoms with Gasteiger partial charge in [0.1, 0.15) is 17.2 Å². The first-order valence-corrected chi connectivity index (χ1v) is 6.23. The zero-order valence-corrected chi connectivity index (χ0v) is 10.7. The smallest absolute Gasteiger partial charge is 0.252 e. The normalized spacial score (nSPS) is 18.0. The number of nitrogens with one attached hydrogen (secondary N) is 1. The Bertz CT molecular complexity index is 534. The highest BCUT2D eigenvalue weighted by Crippen LogP contribution is 2.30. The van der Waals surface area contributed by atoms with Gasteiger partial charge in [0.15, 0.2) is 5.84 Å². The van der Waals surface area contributed by atoms with Crippen molar-refractivity contribution in [3.63, 3.8) is 0 Å². The van der Waals surface area contributed by atoms with Gasteiger partial charge in [-0.2, -0.15) is 0 Å². The Kier molecular flexibility index (Phi) is 3.87. The second-order valence-electron chi connectivity index (χ2n) is 4.89. The van der Waals surface area contributed by atoms with E-state index in [4.69, 9.17) is 10.9 Å². The highest BCUT2D eigenvalue weighted by atomic mass is 19.1. The van der Waals surface area contributed by atoms with Gasteiger partial charge >= 0.3 is 0 Å². The molecule has 0 spiro atoms. The number of carbonyl (C=O) groups is 1. The monoisotopic (exact) mass is 283 g/mol. The number of benzene rings is 1. The van der Waals surface area contributed by atoms with Crippen LogP contribution in [0.3, 0.4) is 0 Å².